The van der Waals surface area contributed by atoms with E-state index >= 15 is 0 Å². The van der Waals surface area contributed by atoms with Crippen molar-refractivity contribution in [3.05, 3.63) is 29.8 Å². The maximum absolute atomic E-state index is 11.7. The van der Waals surface area contributed by atoms with E-state index in [1.165, 1.54) is 12.1 Å². The molecule has 0 saturated carbocycles. The van der Waals surface area contributed by atoms with Gasteiger partial charge in [-0.3, -0.25) is 0 Å². The first-order chi connectivity index (χ1) is 9.56. The van der Waals surface area contributed by atoms with E-state index in [9.17, 15) is 14.7 Å². The third-order valence-electron chi connectivity index (χ3n) is 2.99. The van der Waals surface area contributed by atoms with Crippen molar-refractivity contribution >= 4 is 11.9 Å². The number of hydrogen-bond donors (Lipinski definition) is 2. The van der Waals surface area contributed by atoms with Gasteiger partial charge in [0.05, 0.1) is 0 Å². The molecule has 5 heteroatoms. The first-order valence-electron chi connectivity index (χ1n) is 6.85. The Morgan fingerprint density at radius 3 is 2.60 bits per heavy atom. The van der Waals surface area contributed by atoms with Crippen LogP contribution in [0.4, 0.5) is 0 Å². The van der Waals surface area contributed by atoms with Crippen LogP contribution < -0.4 is 5.73 Å². The lowest BCUT2D eigenvalue weighted by molar-refractivity contribution is -0.139. The molecule has 0 radical (unpaired) electrons. The number of nitrogens with two attached hydrogens (primary N) is 1. The highest BCUT2D eigenvalue weighted by atomic mass is 16.6. The van der Waals surface area contributed by atoms with E-state index in [0.717, 1.165) is 25.7 Å². The number of esters is 2. The predicted octanol–water partition coefficient (Wildman–Crippen LogP) is 2.37. The first kappa shape index (κ1) is 16.2. The molecular weight excluding hydrogens is 258 g/mol. The lowest BCUT2D eigenvalue weighted by atomic mass is 10.1. The third kappa shape index (κ3) is 5.01. The summed E-state index contributed by atoms with van der Waals surface area (Å²) in [6.45, 7) is 2.10. The summed E-state index contributed by atoms with van der Waals surface area (Å²) in [6, 6.07) is 5.09. The Morgan fingerprint density at radius 1 is 1.25 bits per heavy atom. The average molecular weight is 279 g/mol. The summed E-state index contributed by atoms with van der Waals surface area (Å²) < 4.78 is 4.67. The SMILES string of the molecule is CCCCCCC(N)C(=O)OC(=O)c1ccccc1O. The highest BCUT2D eigenvalue weighted by Gasteiger charge is 2.21. The Labute approximate surface area is 118 Å². The van der Waals surface area contributed by atoms with Crippen LogP contribution in [0.5, 0.6) is 5.75 Å². The molecule has 0 bridgehead atoms. The second kappa shape index (κ2) is 8.32. The van der Waals surface area contributed by atoms with Crippen LogP contribution in [0.3, 0.4) is 0 Å². The first-order valence-corrected chi connectivity index (χ1v) is 6.85. The van der Waals surface area contributed by atoms with Crippen LogP contribution in [0.15, 0.2) is 24.3 Å². The summed E-state index contributed by atoms with van der Waals surface area (Å²) in [4.78, 5) is 23.4. The Bertz CT molecular complexity index is 459. The molecule has 0 fully saturated rings. The molecule has 0 heterocycles. The predicted molar refractivity (Wildman–Crippen MR) is 75.3 cm³/mol. The molecule has 20 heavy (non-hydrogen) atoms. The minimum absolute atomic E-state index is 0.0426. The van der Waals surface area contributed by atoms with Gasteiger partial charge >= 0.3 is 11.9 Å². The number of unbranched alkanes of at least 4 members (excludes halogenated alkanes) is 3. The number of carbonyl (C=O) groups is 2. The molecule has 0 aliphatic carbocycles. The number of ether oxygens (including phenoxy) is 1. The van der Waals surface area contributed by atoms with Crippen molar-refractivity contribution in [2.24, 2.45) is 5.73 Å². The number of aromatic hydroxyl groups is 1. The normalized spacial score (nSPS) is 11.9. The van der Waals surface area contributed by atoms with Gasteiger partial charge in [-0.15, -0.1) is 0 Å². The Kier molecular flexibility index (Phi) is 6.73. The van der Waals surface area contributed by atoms with Gasteiger partial charge in [0.15, 0.2) is 0 Å². The van der Waals surface area contributed by atoms with Gasteiger partial charge in [0.25, 0.3) is 0 Å². The standard InChI is InChI=1S/C15H21NO4/c1-2-3-4-5-9-12(16)15(19)20-14(18)11-8-6-7-10-13(11)17/h6-8,10,12,17H,2-5,9,16H2,1H3. The smallest absolute Gasteiger partial charge is 0.349 e. The molecule has 0 amide bonds. The second-order valence-electron chi connectivity index (χ2n) is 4.68. The van der Waals surface area contributed by atoms with E-state index in [2.05, 4.69) is 11.7 Å². The van der Waals surface area contributed by atoms with Gasteiger partial charge in [-0.1, -0.05) is 44.7 Å². The van der Waals surface area contributed by atoms with Crippen LogP contribution in [0.25, 0.3) is 0 Å². The molecule has 0 saturated heterocycles. The molecule has 110 valence electrons. The molecule has 1 aromatic rings. The van der Waals surface area contributed by atoms with Crippen LogP contribution in [0, 0.1) is 0 Å². The minimum Gasteiger partial charge on any atom is -0.507 e. The van der Waals surface area contributed by atoms with Gasteiger partial charge in [-0.2, -0.15) is 0 Å². The van der Waals surface area contributed by atoms with Crippen LogP contribution in [-0.2, 0) is 9.53 Å². The molecule has 0 aromatic heterocycles. The molecule has 0 spiro atoms. The van der Waals surface area contributed by atoms with Crippen LogP contribution in [0.1, 0.15) is 49.4 Å². The summed E-state index contributed by atoms with van der Waals surface area (Å²) in [5, 5.41) is 9.49. The average Bonchev–Trinajstić information content (AvgIpc) is 2.43. The minimum atomic E-state index is -0.878. The lowest BCUT2D eigenvalue weighted by Crippen LogP contribution is -2.33. The largest absolute Gasteiger partial charge is 0.507 e. The molecule has 5 nitrogen and oxygen atoms in total. The van der Waals surface area contributed by atoms with E-state index in [4.69, 9.17) is 5.73 Å². The summed E-state index contributed by atoms with van der Waals surface area (Å²) in [5.41, 5.74) is 5.63. The summed E-state index contributed by atoms with van der Waals surface area (Å²) >= 11 is 0. The van der Waals surface area contributed by atoms with Gasteiger partial charge in [-0.05, 0) is 18.6 Å². The number of phenolic OH excluding ortho intramolecular Hbond substituents is 1. The number of phenols is 1. The fourth-order valence-corrected chi connectivity index (χ4v) is 1.78. The zero-order valence-electron chi connectivity index (χ0n) is 11.7. The quantitative estimate of drug-likeness (QED) is 0.454. The zero-order valence-corrected chi connectivity index (χ0v) is 11.7. The van der Waals surface area contributed by atoms with Crippen LogP contribution in [-0.4, -0.2) is 23.1 Å². The number of rotatable bonds is 7. The zero-order chi connectivity index (χ0) is 15.0. The van der Waals surface area contributed by atoms with Crippen molar-refractivity contribution in [3.63, 3.8) is 0 Å². The molecule has 1 rings (SSSR count). The Balaban J connectivity index is 2.45. The van der Waals surface area contributed by atoms with E-state index in [0.29, 0.717) is 6.42 Å². The molecule has 1 atom stereocenters. The number of para-hydroxylation sites is 1. The number of benzene rings is 1. The highest BCUT2D eigenvalue weighted by Crippen LogP contribution is 2.17. The van der Waals surface area contributed by atoms with E-state index < -0.39 is 18.0 Å². The fourth-order valence-electron chi connectivity index (χ4n) is 1.78. The summed E-state index contributed by atoms with van der Waals surface area (Å²) in [6.07, 6.45) is 4.52. The maximum Gasteiger partial charge on any atom is 0.349 e. The van der Waals surface area contributed by atoms with Crippen molar-refractivity contribution < 1.29 is 19.4 Å². The van der Waals surface area contributed by atoms with Crippen molar-refractivity contribution in [1.82, 2.24) is 0 Å². The van der Waals surface area contributed by atoms with Gasteiger partial charge in [0, 0.05) is 0 Å². The molecule has 1 unspecified atom stereocenters. The Morgan fingerprint density at radius 2 is 1.95 bits per heavy atom. The number of hydrogen-bond acceptors (Lipinski definition) is 5. The Hall–Kier alpha value is -1.88. The number of carbonyl (C=O) groups excluding carboxylic acids is 2. The van der Waals surface area contributed by atoms with E-state index in [-0.39, 0.29) is 11.3 Å². The molecule has 3 N–H and O–H groups in total. The molecule has 1 aromatic carbocycles. The fraction of sp³-hybridized carbons (Fsp3) is 0.467. The molecular formula is C15H21NO4. The van der Waals surface area contributed by atoms with Crippen molar-refractivity contribution in [2.45, 2.75) is 45.1 Å². The lowest BCUT2D eigenvalue weighted by Gasteiger charge is -2.10. The van der Waals surface area contributed by atoms with Crippen LogP contribution in [0.2, 0.25) is 0 Å². The van der Waals surface area contributed by atoms with Crippen molar-refractivity contribution in [2.75, 3.05) is 0 Å². The maximum atomic E-state index is 11.7. The van der Waals surface area contributed by atoms with Gasteiger partial charge < -0.3 is 15.6 Å². The topological polar surface area (TPSA) is 89.6 Å². The van der Waals surface area contributed by atoms with Crippen molar-refractivity contribution in [1.29, 1.82) is 0 Å². The summed E-state index contributed by atoms with van der Waals surface area (Å²) in [5.74, 6) is -1.85. The van der Waals surface area contributed by atoms with Crippen molar-refractivity contribution in [3.8, 4) is 5.75 Å². The van der Waals surface area contributed by atoms with E-state index in [1.54, 1.807) is 12.1 Å². The van der Waals surface area contributed by atoms with Crippen LogP contribution >= 0.6 is 0 Å². The highest BCUT2D eigenvalue weighted by molar-refractivity contribution is 5.99. The molecule has 0 aliphatic heterocycles. The van der Waals surface area contributed by atoms with Gasteiger partial charge in [-0.25, -0.2) is 9.59 Å². The van der Waals surface area contributed by atoms with Gasteiger partial charge in [0.2, 0.25) is 0 Å². The summed E-state index contributed by atoms with van der Waals surface area (Å²) in [7, 11) is 0. The van der Waals surface area contributed by atoms with Gasteiger partial charge in [0.1, 0.15) is 17.4 Å². The van der Waals surface area contributed by atoms with E-state index in [1.807, 2.05) is 0 Å². The second-order valence-corrected chi connectivity index (χ2v) is 4.68. The third-order valence-corrected chi connectivity index (χ3v) is 2.99. The monoisotopic (exact) mass is 279 g/mol. The molecule has 0 aliphatic rings.